The average Bonchev–Trinajstić information content (AvgIpc) is 3.92. The number of unbranched alkanes of at least 4 members (excludes halogenated alkanes) is 8. The average molecular weight is 1090 g/mol. The lowest BCUT2D eigenvalue weighted by molar-refractivity contribution is -0.138. The topological polar surface area (TPSA) is 186 Å². The Morgan fingerprint density at radius 1 is 0.658 bits per heavy atom. The summed E-state index contributed by atoms with van der Waals surface area (Å²) in [5.74, 6) is -0.569. The minimum absolute atomic E-state index is 0.0367. The van der Waals surface area contributed by atoms with E-state index in [1.165, 1.54) is 48.3 Å². The first-order valence-corrected chi connectivity index (χ1v) is 34.7. The molecule has 2 fully saturated rings. The van der Waals surface area contributed by atoms with Gasteiger partial charge in [0.15, 0.2) is 16.6 Å². The van der Waals surface area contributed by atoms with Crippen LogP contribution in [0, 0.1) is 0 Å². The van der Waals surface area contributed by atoms with Crippen LogP contribution in [0.1, 0.15) is 182 Å². The van der Waals surface area contributed by atoms with Crippen LogP contribution in [0.2, 0.25) is 36.3 Å². The van der Waals surface area contributed by atoms with Gasteiger partial charge >= 0.3 is 12.2 Å². The predicted molar refractivity (Wildman–Crippen MR) is 313 cm³/mol. The monoisotopic (exact) mass is 1090 g/mol. The third-order valence-corrected chi connectivity index (χ3v) is 24.8. The number of imide groups is 2. The fourth-order valence-electron chi connectivity index (χ4n) is 8.99. The van der Waals surface area contributed by atoms with Crippen LogP contribution < -0.4 is 5.73 Å². The molecule has 2 aromatic carbocycles. The van der Waals surface area contributed by atoms with Gasteiger partial charge in [0, 0.05) is 17.0 Å². The maximum atomic E-state index is 13.8. The maximum absolute atomic E-state index is 13.8. The number of carbonyl (C=O) groups excluding carboxylic acids is 4. The number of benzene rings is 2. The number of hydrogen-bond acceptors (Lipinski definition) is 10. The lowest BCUT2D eigenvalue weighted by Gasteiger charge is -2.39. The molecule has 0 aliphatic carbocycles. The zero-order valence-electron chi connectivity index (χ0n) is 49.0. The van der Waals surface area contributed by atoms with Crippen molar-refractivity contribution >= 4 is 40.6 Å². The highest BCUT2D eigenvalue weighted by Gasteiger charge is 2.47. The smallest absolute Gasteiger partial charge is 0.417 e. The van der Waals surface area contributed by atoms with E-state index in [-0.39, 0.29) is 59.3 Å². The molecule has 2 aliphatic heterocycles. The van der Waals surface area contributed by atoms with Gasteiger partial charge in [-0.05, 0) is 111 Å². The fraction of sp³-hybridized carbons (Fsp3) is 0.700. The molecule has 76 heavy (non-hydrogen) atoms. The zero-order chi connectivity index (χ0) is 56.4. The molecular formula is C60H100N6O8Si2. The largest absolute Gasteiger partial charge is 0.447 e. The summed E-state index contributed by atoms with van der Waals surface area (Å²) < 4.78 is 23.9. The summed E-state index contributed by atoms with van der Waals surface area (Å²) in [4.78, 5) is 58.7. The van der Waals surface area contributed by atoms with Crippen molar-refractivity contribution in [2.24, 2.45) is 10.8 Å². The number of nitrogens with two attached hydrogens (primary N) is 1. The number of nitrogens with zero attached hydrogens (tertiary/aromatic N) is 5. The molecule has 0 unspecified atom stereocenters. The minimum atomic E-state index is -2.30. The van der Waals surface area contributed by atoms with Gasteiger partial charge in [0.25, 0.3) is 11.8 Å². The van der Waals surface area contributed by atoms with Crippen molar-refractivity contribution < 1.29 is 37.5 Å². The quantitative estimate of drug-likeness (QED) is 0.0186. The maximum Gasteiger partial charge on any atom is 0.417 e. The SMILES string of the molecule is CCCCCC[C@@H](N)CCCCC[C@@H](O[Si](C)(C)C(C)(C)C)C(=O)N1C(=O)OC[C@H]1Cc1ccccc1.CCCCCC[C@H](C/C=C/CC[C@@H](O[Si](C)(C)C(C)(C)C)C(=O)N1C(=O)OC[C@H]1Cc1ccccc1)N=[N+]=[N-]. The van der Waals surface area contributed by atoms with E-state index in [0.29, 0.717) is 38.5 Å². The highest BCUT2D eigenvalue weighted by atomic mass is 28.4. The van der Waals surface area contributed by atoms with Crippen LogP contribution in [0.4, 0.5) is 9.59 Å². The van der Waals surface area contributed by atoms with Crippen molar-refractivity contribution in [2.75, 3.05) is 13.2 Å². The summed E-state index contributed by atoms with van der Waals surface area (Å²) in [7, 11) is -4.53. The fourth-order valence-corrected chi connectivity index (χ4v) is 11.6. The molecular weight excluding hydrogens is 989 g/mol. The van der Waals surface area contributed by atoms with Gasteiger partial charge in [-0.1, -0.05) is 204 Å². The van der Waals surface area contributed by atoms with Crippen molar-refractivity contribution in [2.45, 2.75) is 256 Å². The highest BCUT2D eigenvalue weighted by molar-refractivity contribution is 6.74. The lowest BCUT2D eigenvalue weighted by Crippen LogP contribution is -2.52. The molecule has 4 amide bonds. The molecule has 2 saturated heterocycles. The Hall–Kier alpha value is -4.32. The zero-order valence-corrected chi connectivity index (χ0v) is 51.0. The number of ether oxygens (including phenoxy) is 2. The molecule has 16 heteroatoms. The van der Waals surface area contributed by atoms with E-state index in [0.717, 1.165) is 62.5 Å². The standard InChI is InChI=1S/C30H48N4O4Si.C30H52N2O4Si/c1-7-8-9-14-19-25(32-33-31)20-15-11-16-21-27(38-39(5,6)30(2,3)4)28(35)34-26(23-37-29(34)36)22-24-17-12-10-13-18-24;1-7-8-9-14-19-25(31)20-15-11-16-21-27(36-37(5,6)30(2,3)4)28(33)32-26(23-35-29(32)34)22-24-17-12-10-13-18-24/h10-13,15,17-18,25-27H,7-9,14,16,19-23H2,1-6H3;10,12-13,17-18,25-27H,7-9,11,14-16,19-23,31H2,1-6H3/b15-11+;/t2*25-,26-,27-/m11/s1. The molecule has 2 heterocycles. The van der Waals surface area contributed by atoms with E-state index in [2.05, 4.69) is 91.6 Å². The van der Waals surface area contributed by atoms with E-state index < -0.39 is 41.0 Å². The van der Waals surface area contributed by atoms with Crippen molar-refractivity contribution in [3.63, 3.8) is 0 Å². The van der Waals surface area contributed by atoms with E-state index in [4.69, 9.17) is 29.6 Å². The Balaban J connectivity index is 0.000000401. The lowest BCUT2D eigenvalue weighted by atomic mass is 10.0. The minimum Gasteiger partial charge on any atom is -0.447 e. The summed E-state index contributed by atoms with van der Waals surface area (Å²) in [6.45, 7) is 26.3. The molecule has 0 saturated carbocycles. The molecule has 0 spiro atoms. The van der Waals surface area contributed by atoms with Gasteiger partial charge in [0.05, 0.1) is 12.1 Å². The van der Waals surface area contributed by atoms with Crippen LogP contribution in [0.15, 0.2) is 77.9 Å². The number of azide groups is 1. The Kier molecular flexibility index (Phi) is 28.8. The molecule has 2 aliphatic rings. The summed E-state index contributed by atoms with van der Waals surface area (Å²) in [5.41, 5.74) is 17.4. The summed E-state index contributed by atoms with van der Waals surface area (Å²) in [6.07, 6.45) is 20.6. The van der Waals surface area contributed by atoms with Crippen LogP contribution in [0.5, 0.6) is 0 Å². The molecule has 426 valence electrons. The number of hydrogen-bond donors (Lipinski definition) is 1. The predicted octanol–water partition coefficient (Wildman–Crippen LogP) is 15.6. The molecule has 0 bridgehead atoms. The Bertz CT molecular complexity index is 2110. The second-order valence-electron chi connectivity index (χ2n) is 24.2. The van der Waals surface area contributed by atoms with Gasteiger partial charge in [0.1, 0.15) is 25.4 Å². The van der Waals surface area contributed by atoms with Crippen LogP contribution in [0.25, 0.3) is 10.4 Å². The number of allylic oxidation sites excluding steroid dienone is 1. The van der Waals surface area contributed by atoms with Crippen LogP contribution in [-0.4, -0.2) is 100 Å². The van der Waals surface area contributed by atoms with Crippen molar-refractivity contribution in [3.8, 4) is 0 Å². The van der Waals surface area contributed by atoms with Crippen molar-refractivity contribution in [3.05, 3.63) is 94.4 Å². The van der Waals surface area contributed by atoms with Crippen molar-refractivity contribution in [1.29, 1.82) is 0 Å². The molecule has 14 nitrogen and oxygen atoms in total. The van der Waals surface area contributed by atoms with Gasteiger partial charge < -0.3 is 24.1 Å². The second-order valence-corrected chi connectivity index (χ2v) is 33.7. The summed E-state index contributed by atoms with van der Waals surface area (Å²) in [6, 6.07) is 19.3. The first kappa shape index (κ1) is 66.0. The van der Waals surface area contributed by atoms with E-state index in [1.807, 2.05) is 72.8 Å². The Labute approximate surface area is 460 Å². The Morgan fingerprint density at radius 3 is 1.49 bits per heavy atom. The van der Waals surface area contributed by atoms with Crippen LogP contribution in [-0.2, 0) is 40.8 Å². The second kappa shape index (κ2) is 33.2. The van der Waals surface area contributed by atoms with Gasteiger partial charge in [-0.3, -0.25) is 9.59 Å². The third-order valence-electron chi connectivity index (χ3n) is 15.8. The summed E-state index contributed by atoms with van der Waals surface area (Å²) in [5, 5.41) is 3.84. The molecule has 0 radical (unpaired) electrons. The molecule has 2 aromatic rings. The van der Waals surface area contributed by atoms with Gasteiger partial charge in [0.2, 0.25) is 0 Å². The first-order valence-electron chi connectivity index (χ1n) is 28.8. The van der Waals surface area contributed by atoms with Crippen LogP contribution >= 0.6 is 0 Å². The number of rotatable bonds is 32. The first-order chi connectivity index (χ1) is 36.0. The Morgan fingerprint density at radius 2 is 1.07 bits per heavy atom. The molecule has 6 atom stereocenters. The third kappa shape index (κ3) is 22.6. The van der Waals surface area contributed by atoms with Crippen molar-refractivity contribution in [1.82, 2.24) is 9.80 Å². The van der Waals surface area contributed by atoms with Crippen LogP contribution in [0.3, 0.4) is 0 Å². The number of carbonyl (C=O) groups is 4. The normalized spacial score (nSPS) is 17.9. The van der Waals surface area contributed by atoms with E-state index in [9.17, 15) is 19.2 Å². The van der Waals surface area contributed by atoms with Gasteiger partial charge in [-0.2, -0.15) is 0 Å². The van der Waals surface area contributed by atoms with E-state index >= 15 is 0 Å². The number of amides is 4. The van der Waals surface area contributed by atoms with Gasteiger partial charge in [-0.25, -0.2) is 19.4 Å². The number of cyclic esters (lactones) is 2. The van der Waals surface area contributed by atoms with E-state index in [1.54, 1.807) is 0 Å². The summed E-state index contributed by atoms with van der Waals surface area (Å²) >= 11 is 0. The molecule has 4 rings (SSSR count). The molecule has 2 N–H and O–H groups in total. The van der Waals surface area contributed by atoms with Gasteiger partial charge in [-0.15, -0.1) is 0 Å². The molecule has 0 aromatic heterocycles. The highest BCUT2D eigenvalue weighted by Crippen LogP contribution is 2.40.